The molecule has 1 unspecified atom stereocenters. The molecule has 0 saturated carbocycles. The summed E-state index contributed by atoms with van der Waals surface area (Å²) in [5.41, 5.74) is 0.132. The van der Waals surface area contributed by atoms with Crippen molar-refractivity contribution in [3.8, 4) is 0 Å². The van der Waals surface area contributed by atoms with Gasteiger partial charge in [-0.1, -0.05) is 82.2 Å². The lowest BCUT2D eigenvalue weighted by molar-refractivity contribution is -0.0437. The Morgan fingerprint density at radius 1 is 0.950 bits per heavy atom. The first-order valence-corrected chi connectivity index (χ1v) is 8.00. The second kappa shape index (κ2) is 9.95. The van der Waals surface area contributed by atoms with Crippen molar-refractivity contribution in [2.75, 3.05) is 13.7 Å². The molecule has 0 aliphatic carbocycles. The molecule has 0 aliphatic rings. The molecule has 0 saturated heterocycles. The maximum Gasteiger partial charge on any atom is 0.113 e. The zero-order valence-electron chi connectivity index (χ0n) is 13.1. The van der Waals surface area contributed by atoms with Gasteiger partial charge in [-0.15, -0.1) is 0 Å². The molecule has 2 heteroatoms. The van der Waals surface area contributed by atoms with Gasteiger partial charge < -0.3 is 9.84 Å². The fourth-order valence-electron chi connectivity index (χ4n) is 2.66. The summed E-state index contributed by atoms with van der Waals surface area (Å²) in [6.45, 7) is 2.61. The highest BCUT2D eigenvalue weighted by atomic mass is 16.5. The molecule has 0 radical (unpaired) electrons. The molecule has 0 aromatic heterocycles. The highest BCUT2D eigenvalue weighted by molar-refractivity contribution is 5.22. The third kappa shape index (κ3) is 6.06. The van der Waals surface area contributed by atoms with Crippen LogP contribution in [0.15, 0.2) is 30.3 Å². The number of ether oxygens (including phenoxy) is 1. The molecule has 0 spiro atoms. The lowest BCUT2D eigenvalue weighted by Gasteiger charge is -2.28. The van der Waals surface area contributed by atoms with Crippen molar-refractivity contribution < 1.29 is 9.84 Å². The summed E-state index contributed by atoms with van der Waals surface area (Å²) in [7, 11) is 1.65. The van der Waals surface area contributed by atoms with Gasteiger partial charge in [-0.3, -0.25) is 0 Å². The molecular weight excluding hydrogens is 248 g/mol. The van der Waals surface area contributed by atoms with E-state index in [2.05, 4.69) is 6.92 Å². The zero-order chi connectivity index (χ0) is 14.7. The SMILES string of the molecule is CCCCCCCCCC(O)(COC)c1ccccc1. The van der Waals surface area contributed by atoms with Crippen LogP contribution in [0.2, 0.25) is 0 Å². The Hall–Kier alpha value is -0.860. The molecule has 1 aromatic rings. The van der Waals surface area contributed by atoms with E-state index in [1.54, 1.807) is 7.11 Å². The zero-order valence-corrected chi connectivity index (χ0v) is 13.1. The van der Waals surface area contributed by atoms with Crippen LogP contribution < -0.4 is 0 Å². The van der Waals surface area contributed by atoms with Gasteiger partial charge in [0.05, 0.1) is 6.61 Å². The molecule has 114 valence electrons. The highest BCUT2D eigenvalue weighted by Crippen LogP contribution is 2.28. The maximum atomic E-state index is 10.8. The predicted molar refractivity (Wildman–Crippen MR) is 84.8 cm³/mol. The maximum absolute atomic E-state index is 10.8. The largest absolute Gasteiger partial charge is 0.383 e. The third-order valence-corrected chi connectivity index (χ3v) is 3.89. The first-order chi connectivity index (χ1) is 9.73. The minimum absolute atomic E-state index is 0.368. The van der Waals surface area contributed by atoms with Crippen LogP contribution in [0.5, 0.6) is 0 Å². The Morgan fingerprint density at radius 2 is 1.55 bits per heavy atom. The molecule has 0 heterocycles. The van der Waals surface area contributed by atoms with Crippen molar-refractivity contribution in [2.45, 2.75) is 63.9 Å². The van der Waals surface area contributed by atoms with Gasteiger partial charge in [0.15, 0.2) is 0 Å². The minimum atomic E-state index is -0.834. The van der Waals surface area contributed by atoms with Crippen LogP contribution in [-0.2, 0) is 10.3 Å². The van der Waals surface area contributed by atoms with Gasteiger partial charge in [-0.2, -0.15) is 0 Å². The monoisotopic (exact) mass is 278 g/mol. The van der Waals surface area contributed by atoms with Crippen LogP contribution in [-0.4, -0.2) is 18.8 Å². The van der Waals surface area contributed by atoms with E-state index in [0.717, 1.165) is 18.4 Å². The van der Waals surface area contributed by atoms with Gasteiger partial charge >= 0.3 is 0 Å². The fourth-order valence-corrected chi connectivity index (χ4v) is 2.66. The van der Waals surface area contributed by atoms with Crippen molar-refractivity contribution in [1.82, 2.24) is 0 Å². The van der Waals surface area contributed by atoms with E-state index >= 15 is 0 Å². The average molecular weight is 278 g/mol. The average Bonchev–Trinajstić information content (AvgIpc) is 2.47. The Morgan fingerprint density at radius 3 is 2.15 bits per heavy atom. The number of benzene rings is 1. The summed E-state index contributed by atoms with van der Waals surface area (Å²) in [5, 5.41) is 10.8. The summed E-state index contributed by atoms with van der Waals surface area (Å²) in [5.74, 6) is 0. The van der Waals surface area contributed by atoms with Gasteiger partial charge in [-0.25, -0.2) is 0 Å². The highest BCUT2D eigenvalue weighted by Gasteiger charge is 2.28. The third-order valence-electron chi connectivity index (χ3n) is 3.89. The smallest absolute Gasteiger partial charge is 0.113 e. The Balaban J connectivity index is 2.36. The quantitative estimate of drug-likeness (QED) is 0.596. The summed E-state index contributed by atoms with van der Waals surface area (Å²) < 4.78 is 5.22. The van der Waals surface area contributed by atoms with Crippen LogP contribution in [0.1, 0.15) is 63.9 Å². The number of methoxy groups -OCH3 is 1. The van der Waals surface area contributed by atoms with E-state index in [1.165, 1.54) is 38.5 Å². The molecule has 1 N–H and O–H groups in total. The summed E-state index contributed by atoms with van der Waals surface area (Å²) in [6.07, 6.45) is 9.61. The van der Waals surface area contributed by atoms with Crippen molar-refractivity contribution in [3.05, 3.63) is 35.9 Å². The first-order valence-electron chi connectivity index (χ1n) is 8.00. The standard InChI is InChI=1S/C18H30O2/c1-3-4-5-6-7-8-12-15-18(19,16-20-2)17-13-10-9-11-14-17/h9-11,13-14,19H,3-8,12,15-16H2,1-2H3. The van der Waals surface area contributed by atoms with E-state index in [1.807, 2.05) is 30.3 Å². The molecule has 1 atom stereocenters. The van der Waals surface area contributed by atoms with Gasteiger partial charge in [0.25, 0.3) is 0 Å². The molecular formula is C18H30O2. The van der Waals surface area contributed by atoms with Crippen molar-refractivity contribution in [1.29, 1.82) is 0 Å². The van der Waals surface area contributed by atoms with Crippen LogP contribution in [0.3, 0.4) is 0 Å². The second-order valence-corrected chi connectivity index (χ2v) is 5.70. The molecule has 0 fully saturated rings. The van der Waals surface area contributed by atoms with Crippen LogP contribution in [0, 0.1) is 0 Å². The van der Waals surface area contributed by atoms with E-state index in [-0.39, 0.29) is 0 Å². The van der Waals surface area contributed by atoms with Crippen LogP contribution in [0.25, 0.3) is 0 Å². The summed E-state index contributed by atoms with van der Waals surface area (Å²) in [4.78, 5) is 0. The van der Waals surface area contributed by atoms with Gasteiger partial charge in [0, 0.05) is 7.11 Å². The van der Waals surface area contributed by atoms with Gasteiger partial charge in [0.1, 0.15) is 5.60 Å². The Labute approximate surface area is 124 Å². The minimum Gasteiger partial charge on any atom is -0.383 e. The van der Waals surface area contributed by atoms with E-state index in [4.69, 9.17) is 4.74 Å². The lowest BCUT2D eigenvalue weighted by Crippen LogP contribution is -2.31. The van der Waals surface area contributed by atoms with E-state index < -0.39 is 5.60 Å². The molecule has 0 bridgehead atoms. The number of hydrogen-bond donors (Lipinski definition) is 1. The molecule has 1 aromatic carbocycles. The normalized spacial score (nSPS) is 14.2. The fraction of sp³-hybridized carbons (Fsp3) is 0.667. The Bertz CT molecular complexity index is 337. The number of hydrogen-bond acceptors (Lipinski definition) is 2. The Kier molecular flexibility index (Phi) is 8.56. The van der Waals surface area contributed by atoms with Gasteiger partial charge in [-0.05, 0) is 12.0 Å². The van der Waals surface area contributed by atoms with Crippen LogP contribution in [0.4, 0.5) is 0 Å². The summed E-state index contributed by atoms with van der Waals surface area (Å²) in [6, 6.07) is 9.90. The number of unbranched alkanes of at least 4 members (excludes halogenated alkanes) is 6. The van der Waals surface area contributed by atoms with Gasteiger partial charge in [0.2, 0.25) is 0 Å². The van der Waals surface area contributed by atoms with Crippen molar-refractivity contribution in [2.24, 2.45) is 0 Å². The van der Waals surface area contributed by atoms with E-state index in [9.17, 15) is 5.11 Å². The first kappa shape index (κ1) is 17.2. The molecule has 0 amide bonds. The lowest BCUT2D eigenvalue weighted by atomic mass is 9.89. The number of aliphatic hydroxyl groups is 1. The summed E-state index contributed by atoms with van der Waals surface area (Å²) >= 11 is 0. The second-order valence-electron chi connectivity index (χ2n) is 5.70. The van der Waals surface area contributed by atoms with Crippen molar-refractivity contribution >= 4 is 0 Å². The number of rotatable bonds is 11. The van der Waals surface area contributed by atoms with E-state index in [0.29, 0.717) is 6.61 Å². The molecule has 2 nitrogen and oxygen atoms in total. The molecule has 0 aliphatic heterocycles. The van der Waals surface area contributed by atoms with Crippen LogP contribution >= 0.6 is 0 Å². The molecule has 1 rings (SSSR count). The van der Waals surface area contributed by atoms with Crippen molar-refractivity contribution in [3.63, 3.8) is 0 Å². The predicted octanol–water partition coefficient (Wildman–Crippen LogP) is 4.66. The topological polar surface area (TPSA) is 29.5 Å². The molecule has 20 heavy (non-hydrogen) atoms.